The zero-order chi connectivity index (χ0) is 13.8. The van der Waals surface area contributed by atoms with Crippen LogP contribution in [0, 0.1) is 12.7 Å². The van der Waals surface area contributed by atoms with Gasteiger partial charge in [0.05, 0.1) is 7.11 Å². The third kappa shape index (κ3) is 3.18. The van der Waals surface area contributed by atoms with E-state index >= 15 is 0 Å². The Hall–Kier alpha value is -1.74. The largest absolute Gasteiger partial charge is 0.496 e. The van der Waals surface area contributed by atoms with Gasteiger partial charge in [0.25, 0.3) is 0 Å². The highest BCUT2D eigenvalue weighted by molar-refractivity contribution is 6.31. The van der Waals surface area contributed by atoms with Crippen LogP contribution in [0.25, 0.3) is 0 Å². The lowest BCUT2D eigenvalue weighted by atomic mass is 10.1. The average Bonchev–Trinajstić information content (AvgIpc) is 2.41. The van der Waals surface area contributed by atoms with E-state index in [1.165, 1.54) is 6.07 Å². The van der Waals surface area contributed by atoms with Gasteiger partial charge in [-0.15, -0.1) is 0 Å². The SMILES string of the molecule is COc1cccc(Cl)c1CNc1ccc(C)c(F)c1. The Morgan fingerprint density at radius 3 is 2.74 bits per heavy atom. The molecule has 0 spiro atoms. The van der Waals surface area contributed by atoms with E-state index in [1.807, 2.05) is 18.2 Å². The molecule has 2 aromatic carbocycles. The van der Waals surface area contributed by atoms with Crippen molar-refractivity contribution in [2.75, 3.05) is 12.4 Å². The fourth-order valence-corrected chi connectivity index (χ4v) is 2.03. The van der Waals surface area contributed by atoms with Gasteiger partial charge in [0.2, 0.25) is 0 Å². The van der Waals surface area contributed by atoms with Crippen molar-refractivity contribution in [2.24, 2.45) is 0 Å². The standard InChI is InChI=1S/C15H15ClFNO/c1-10-6-7-11(8-14(10)17)18-9-12-13(16)4-3-5-15(12)19-2/h3-8,18H,9H2,1-2H3. The van der Waals surface area contributed by atoms with E-state index in [0.29, 0.717) is 28.6 Å². The van der Waals surface area contributed by atoms with Crippen molar-refractivity contribution in [1.29, 1.82) is 0 Å². The van der Waals surface area contributed by atoms with E-state index in [9.17, 15) is 4.39 Å². The van der Waals surface area contributed by atoms with Gasteiger partial charge in [-0.05, 0) is 36.8 Å². The normalized spacial score (nSPS) is 10.3. The Balaban J connectivity index is 2.16. The predicted octanol–water partition coefficient (Wildman–Crippen LogP) is 4.41. The van der Waals surface area contributed by atoms with Gasteiger partial charge in [-0.3, -0.25) is 0 Å². The lowest BCUT2D eigenvalue weighted by Gasteiger charge is -2.12. The number of aryl methyl sites for hydroxylation is 1. The first-order valence-corrected chi connectivity index (χ1v) is 6.31. The van der Waals surface area contributed by atoms with Crippen molar-refractivity contribution >= 4 is 17.3 Å². The number of ether oxygens (including phenoxy) is 1. The van der Waals surface area contributed by atoms with Crippen LogP contribution in [0.1, 0.15) is 11.1 Å². The molecule has 2 nitrogen and oxygen atoms in total. The van der Waals surface area contributed by atoms with E-state index < -0.39 is 0 Å². The van der Waals surface area contributed by atoms with Gasteiger partial charge in [0.1, 0.15) is 11.6 Å². The number of rotatable bonds is 4. The van der Waals surface area contributed by atoms with Crippen LogP contribution < -0.4 is 10.1 Å². The summed E-state index contributed by atoms with van der Waals surface area (Å²) in [5, 5.41) is 3.76. The van der Waals surface area contributed by atoms with Crippen LogP contribution in [0.4, 0.5) is 10.1 Å². The summed E-state index contributed by atoms with van der Waals surface area (Å²) in [7, 11) is 1.60. The molecule has 0 bridgehead atoms. The van der Waals surface area contributed by atoms with Gasteiger partial charge >= 0.3 is 0 Å². The molecule has 0 radical (unpaired) electrons. The second kappa shape index (κ2) is 5.93. The maximum atomic E-state index is 13.4. The molecule has 0 aromatic heterocycles. The minimum absolute atomic E-state index is 0.226. The van der Waals surface area contributed by atoms with E-state index in [2.05, 4.69) is 5.32 Å². The fourth-order valence-electron chi connectivity index (χ4n) is 1.79. The Labute approximate surface area is 117 Å². The number of methoxy groups -OCH3 is 1. The number of hydrogen-bond donors (Lipinski definition) is 1. The molecule has 2 aromatic rings. The van der Waals surface area contributed by atoms with Crippen LogP contribution in [0.15, 0.2) is 36.4 Å². The highest BCUT2D eigenvalue weighted by Gasteiger charge is 2.07. The smallest absolute Gasteiger partial charge is 0.128 e. The Morgan fingerprint density at radius 2 is 2.05 bits per heavy atom. The highest BCUT2D eigenvalue weighted by Crippen LogP contribution is 2.27. The molecule has 2 rings (SSSR count). The minimum atomic E-state index is -0.226. The molecule has 0 amide bonds. The Kier molecular flexibility index (Phi) is 4.27. The lowest BCUT2D eigenvalue weighted by molar-refractivity contribution is 0.410. The zero-order valence-electron chi connectivity index (χ0n) is 10.8. The molecular formula is C15H15ClFNO. The van der Waals surface area contributed by atoms with Crippen LogP contribution in [0.2, 0.25) is 5.02 Å². The molecular weight excluding hydrogens is 265 g/mol. The van der Waals surface area contributed by atoms with Crippen LogP contribution in [-0.4, -0.2) is 7.11 Å². The highest BCUT2D eigenvalue weighted by atomic mass is 35.5. The number of benzene rings is 2. The molecule has 0 saturated heterocycles. The third-order valence-corrected chi connectivity index (χ3v) is 3.29. The van der Waals surface area contributed by atoms with E-state index in [4.69, 9.17) is 16.3 Å². The summed E-state index contributed by atoms with van der Waals surface area (Å²) in [5.74, 6) is 0.490. The van der Waals surface area contributed by atoms with Gasteiger partial charge in [-0.1, -0.05) is 23.7 Å². The average molecular weight is 280 g/mol. The molecule has 0 fully saturated rings. The van der Waals surface area contributed by atoms with Gasteiger partial charge < -0.3 is 10.1 Å². The summed E-state index contributed by atoms with van der Waals surface area (Å²) < 4.78 is 18.7. The van der Waals surface area contributed by atoms with Gasteiger partial charge in [0, 0.05) is 22.8 Å². The first-order valence-electron chi connectivity index (χ1n) is 5.93. The first-order chi connectivity index (χ1) is 9.11. The van der Waals surface area contributed by atoms with E-state index in [0.717, 1.165) is 5.56 Å². The lowest BCUT2D eigenvalue weighted by Crippen LogP contribution is -2.03. The summed E-state index contributed by atoms with van der Waals surface area (Å²) >= 11 is 6.14. The summed E-state index contributed by atoms with van der Waals surface area (Å²) in [6.45, 7) is 2.21. The van der Waals surface area contributed by atoms with Crippen LogP contribution in [-0.2, 0) is 6.54 Å². The van der Waals surface area contributed by atoms with Crippen LogP contribution in [0.3, 0.4) is 0 Å². The summed E-state index contributed by atoms with van der Waals surface area (Å²) in [5.41, 5.74) is 2.19. The molecule has 0 aliphatic carbocycles. The van der Waals surface area contributed by atoms with Crippen LogP contribution in [0.5, 0.6) is 5.75 Å². The molecule has 100 valence electrons. The van der Waals surface area contributed by atoms with E-state index in [1.54, 1.807) is 26.2 Å². The van der Waals surface area contributed by atoms with Gasteiger partial charge in [-0.2, -0.15) is 0 Å². The molecule has 0 saturated carbocycles. The Bertz CT molecular complexity index is 586. The van der Waals surface area contributed by atoms with Crippen molar-refractivity contribution in [3.8, 4) is 5.75 Å². The number of hydrogen-bond acceptors (Lipinski definition) is 2. The third-order valence-electron chi connectivity index (χ3n) is 2.94. The molecule has 0 aliphatic rings. The van der Waals surface area contributed by atoms with E-state index in [-0.39, 0.29) is 5.82 Å². The number of nitrogens with one attached hydrogen (secondary N) is 1. The number of halogens is 2. The molecule has 4 heteroatoms. The van der Waals surface area contributed by atoms with Crippen molar-refractivity contribution in [3.05, 3.63) is 58.4 Å². The molecule has 19 heavy (non-hydrogen) atoms. The fraction of sp³-hybridized carbons (Fsp3) is 0.200. The second-order valence-electron chi connectivity index (χ2n) is 4.24. The number of anilines is 1. The molecule has 1 N–H and O–H groups in total. The molecule has 0 atom stereocenters. The van der Waals surface area contributed by atoms with Crippen LogP contribution >= 0.6 is 11.6 Å². The molecule has 0 aliphatic heterocycles. The molecule has 0 heterocycles. The minimum Gasteiger partial charge on any atom is -0.496 e. The van der Waals surface area contributed by atoms with Crippen molar-refractivity contribution in [3.63, 3.8) is 0 Å². The maximum Gasteiger partial charge on any atom is 0.128 e. The molecule has 0 unspecified atom stereocenters. The summed E-state index contributed by atoms with van der Waals surface area (Å²) in [6, 6.07) is 10.5. The maximum absolute atomic E-state index is 13.4. The van der Waals surface area contributed by atoms with Crippen molar-refractivity contribution in [2.45, 2.75) is 13.5 Å². The first kappa shape index (κ1) is 13.7. The monoisotopic (exact) mass is 279 g/mol. The quantitative estimate of drug-likeness (QED) is 0.895. The summed E-state index contributed by atoms with van der Waals surface area (Å²) in [4.78, 5) is 0. The van der Waals surface area contributed by atoms with Crippen molar-refractivity contribution in [1.82, 2.24) is 0 Å². The predicted molar refractivity (Wildman–Crippen MR) is 76.5 cm³/mol. The zero-order valence-corrected chi connectivity index (χ0v) is 11.6. The topological polar surface area (TPSA) is 21.3 Å². The van der Waals surface area contributed by atoms with Crippen molar-refractivity contribution < 1.29 is 9.13 Å². The second-order valence-corrected chi connectivity index (χ2v) is 4.65. The van der Waals surface area contributed by atoms with Gasteiger partial charge in [-0.25, -0.2) is 4.39 Å². The summed E-state index contributed by atoms with van der Waals surface area (Å²) in [6.07, 6.45) is 0. The Morgan fingerprint density at radius 1 is 1.26 bits per heavy atom. The van der Waals surface area contributed by atoms with Gasteiger partial charge in [0.15, 0.2) is 0 Å².